The van der Waals surface area contributed by atoms with Gasteiger partial charge in [0, 0.05) is 0 Å². The minimum Gasteiger partial charge on any atom is -0.489 e. The fourth-order valence-corrected chi connectivity index (χ4v) is 2.02. The highest BCUT2D eigenvalue weighted by atomic mass is 35.5. The summed E-state index contributed by atoms with van der Waals surface area (Å²) in [6.45, 7) is 1.76. The van der Waals surface area contributed by atoms with Crippen molar-refractivity contribution < 1.29 is 18.7 Å². The minimum atomic E-state index is -0.522. The van der Waals surface area contributed by atoms with Gasteiger partial charge in [0.05, 0.1) is 10.6 Å². The van der Waals surface area contributed by atoms with Crippen molar-refractivity contribution in [2.24, 2.45) is 0 Å². The Bertz CT molecular complexity index is 623. The number of para-hydroxylation sites is 2. The van der Waals surface area contributed by atoms with Crippen LogP contribution in [-0.2, 0) is 0 Å². The molecular formula is C16H14ClFO3. The van der Waals surface area contributed by atoms with Crippen molar-refractivity contribution in [2.45, 2.75) is 6.92 Å². The number of benzene rings is 2. The number of Topliss-reactive ketones (excluding diaryl/α,β-unsaturated/α-hetero) is 1. The van der Waals surface area contributed by atoms with Crippen molar-refractivity contribution in [2.75, 3.05) is 13.2 Å². The third kappa shape index (κ3) is 3.95. The number of halogens is 2. The minimum absolute atomic E-state index is 0.00243. The Morgan fingerprint density at radius 3 is 2.52 bits per heavy atom. The summed E-state index contributed by atoms with van der Waals surface area (Å²) in [4.78, 5) is 11.4. The van der Waals surface area contributed by atoms with Gasteiger partial charge in [-0.05, 0) is 31.2 Å². The molecule has 0 heterocycles. The lowest BCUT2D eigenvalue weighted by molar-refractivity contribution is 0.101. The first-order valence-electron chi connectivity index (χ1n) is 6.39. The first-order valence-corrected chi connectivity index (χ1v) is 6.77. The predicted octanol–water partition coefficient (Wildman–Crippen LogP) is 4.14. The molecule has 0 radical (unpaired) electrons. The zero-order chi connectivity index (χ0) is 15.2. The van der Waals surface area contributed by atoms with Crippen LogP contribution in [0, 0.1) is 5.82 Å². The molecule has 0 aliphatic heterocycles. The highest BCUT2D eigenvalue weighted by Gasteiger charge is 2.09. The molecule has 2 aromatic rings. The molecule has 0 saturated carbocycles. The molecule has 0 spiro atoms. The number of ketones is 1. The predicted molar refractivity (Wildman–Crippen MR) is 78.8 cm³/mol. The van der Waals surface area contributed by atoms with E-state index in [2.05, 4.69) is 0 Å². The molecule has 0 aliphatic rings. The Morgan fingerprint density at radius 1 is 1.10 bits per heavy atom. The summed E-state index contributed by atoms with van der Waals surface area (Å²) < 4.78 is 24.2. The van der Waals surface area contributed by atoms with Crippen LogP contribution in [0.15, 0.2) is 42.5 Å². The lowest BCUT2D eigenvalue weighted by Crippen LogP contribution is -2.11. The average molecular weight is 309 g/mol. The second-order valence-corrected chi connectivity index (χ2v) is 4.71. The molecule has 5 heteroatoms. The molecule has 0 N–H and O–H groups in total. The third-order valence-corrected chi connectivity index (χ3v) is 3.07. The van der Waals surface area contributed by atoms with E-state index in [0.29, 0.717) is 11.3 Å². The van der Waals surface area contributed by atoms with Gasteiger partial charge in [-0.3, -0.25) is 4.79 Å². The standard InChI is InChI=1S/C16H14ClFO3/c1-11(19)12-5-2-3-8-15(12)20-9-10-21-16-13(17)6-4-7-14(16)18/h2-8H,9-10H2,1H3. The van der Waals surface area contributed by atoms with Crippen LogP contribution in [-0.4, -0.2) is 19.0 Å². The smallest absolute Gasteiger partial charge is 0.173 e. The average Bonchev–Trinajstić information content (AvgIpc) is 2.46. The zero-order valence-corrected chi connectivity index (χ0v) is 12.2. The van der Waals surface area contributed by atoms with Crippen molar-refractivity contribution in [3.63, 3.8) is 0 Å². The van der Waals surface area contributed by atoms with Gasteiger partial charge >= 0.3 is 0 Å². The molecule has 0 aromatic heterocycles. The van der Waals surface area contributed by atoms with Crippen molar-refractivity contribution in [1.29, 1.82) is 0 Å². The Kier molecular flexibility index (Phi) is 5.17. The van der Waals surface area contributed by atoms with E-state index >= 15 is 0 Å². The summed E-state index contributed by atoms with van der Waals surface area (Å²) in [5, 5.41) is 0.208. The van der Waals surface area contributed by atoms with E-state index in [1.165, 1.54) is 19.1 Å². The topological polar surface area (TPSA) is 35.5 Å². The van der Waals surface area contributed by atoms with Crippen molar-refractivity contribution in [3.05, 3.63) is 58.9 Å². The first-order chi connectivity index (χ1) is 10.1. The number of carbonyl (C=O) groups is 1. The van der Waals surface area contributed by atoms with E-state index in [9.17, 15) is 9.18 Å². The van der Waals surface area contributed by atoms with Crippen molar-refractivity contribution >= 4 is 17.4 Å². The Balaban J connectivity index is 1.92. The Hall–Kier alpha value is -2.07. The van der Waals surface area contributed by atoms with E-state index in [4.69, 9.17) is 21.1 Å². The van der Waals surface area contributed by atoms with E-state index in [0.717, 1.165) is 0 Å². The fourth-order valence-electron chi connectivity index (χ4n) is 1.80. The fraction of sp³-hybridized carbons (Fsp3) is 0.188. The molecule has 0 aliphatic carbocycles. The molecule has 0 atom stereocenters. The second-order valence-electron chi connectivity index (χ2n) is 4.30. The Labute approximate surface area is 127 Å². The number of ether oxygens (including phenoxy) is 2. The summed E-state index contributed by atoms with van der Waals surface area (Å²) >= 11 is 5.84. The normalized spacial score (nSPS) is 10.2. The first kappa shape index (κ1) is 15.3. The molecule has 110 valence electrons. The number of hydrogen-bond acceptors (Lipinski definition) is 3. The number of rotatable bonds is 6. The maximum absolute atomic E-state index is 13.5. The summed E-state index contributed by atoms with van der Waals surface area (Å²) in [6.07, 6.45) is 0. The van der Waals surface area contributed by atoms with E-state index in [1.54, 1.807) is 30.3 Å². The lowest BCUT2D eigenvalue weighted by Gasteiger charge is -2.11. The molecule has 21 heavy (non-hydrogen) atoms. The van der Waals surface area contributed by atoms with E-state index in [-0.39, 0.29) is 29.8 Å². The van der Waals surface area contributed by atoms with Gasteiger partial charge in [0.25, 0.3) is 0 Å². The zero-order valence-electron chi connectivity index (χ0n) is 11.4. The molecule has 0 unspecified atom stereocenters. The second kappa shape index (κ2) is 7.09. The van der Waals surface area contributed by atoms with Gasteiger partial charge in [-0.2, -0.15) is 0 Å². The molecule has 2 aromatic carbocycles. The van der Waals surface area contributed by atoms with Crippen LogP contribution in [0.5, 0.6) is 11.5 Å². The van der Waals surface area contributed by atoms with E-state index < -0.39 is 5.82 Å². The van der Waals surface area contributed by atoms with Gasteiger partial charge in [0.1, 0.15) is 19.0 Å². The third-order valence-electron chi connectivity index (χ3n) is 2.77. The van der Waals surface area contributed by atoms with E-state index in [1.807, 2.05) is 0 Å². The molecule has 0 amide bonds. The molecule has 0 saturated heterocycles. The van der Waals surface area contributed by atoms with Gasteiger partial charge in [0.2, 0.25) is 0 Å². The van der Waals surface area contributed by atoms with Crippen LogP contribution in [0.2, 0.25) is 5.02 Å². The van der Waals surface area contributed by atoms with Crippen LogP contribution in [0.4, 0.5) is 4.39 Å². The molecule has 0 bridgehead atoms. The van der Waals surface area contributed by atoms with Gasteiger partial charge in [-0.15, -0.1) is 0 Å². The van der Waals surface area contributed by atoms with Crippen LogP contribution in [0.1, 0.15) is 17.3 Å². The molecule has 0 fully saturated rings. The Morgan fingerprint density at radius 2 is 1.81 bits per heavy atom. The lowest BCUT2D eigenvalue weighted by atomic mass is 10.1. The summed E-state index contributed by atoms with van der Waals surface area (Å²) in [5.74, 6) is -0.119. The maximum Gasteiger partial charge on any atom is 0.173 e. The van der Waals surface area contributed by atoms with Crippen molar-refractivity contribution in [3.8, 4) is 11.5 Å². The SMILES string of the molecule is CC(=O)c1ccccc1OCCOc1c(F)cccc1Cl. The van der Waals surface area contributed by atoms with Crippen LogP contribution >= 0.6 is 11.6 Å². The largest absolute Gasteiger partial charge is 0.489 e. The van der Waals surface area contributed by atoms with Crippen LogP contribution < -0.4 is 9.47 Å². The highest BCUT2D eigenvalue weighted by Crippen LogP contribution is 2.27. The summed E-state index contributed by atoms with van der Waals surface area (Å²) in [5.41, 5.74) is 0.501. The van der Waals surface area contributed by atoms with Gasteiger partial charge in [-0.25, -0.2) is 4.39 Å². The number of hydrogen-bond donors (Lipinski definition) is 0. The van der Waals surface area contributed by atoms with Gasteiger partial charge in [-0.1, -0.05) is 29.8 Å². The number of carbonyl (C=O) groups excluding carboxylic acids is 1. The van der Waals surface area contributed by atoms with Gasteiger partial charge < -0.3 is 9.47 Å². The maximum atomic E-state index is 13.5. The van der Waals surface area contributed by atoms with Crippen molar-refractivity contribution in [1.82, 2.24) is 0 Å². The quantitative estimate of drug-likeness (QED) is 0.594. The molecule has 3 nitrogen and oxygen atoms in total. The molecular weight excluding hydrogens is 295 g/mol. The monoisotopic (exact) mass is 308 g/mol. The summed E-state index contributed by atoms with van der Waals surface area (Å²) in [6, 6.07) is 11.2. The molecule has 2 rings (SSSR count). The van der Waals surface area contributed by atoms with Gasteiger partial charge in [0.15, 0.2) is 17.3 Å². The van der Waals surface area contributed by atoms with Crippen LogP contribution in [0.25, 0.3) is 0 Å². The highest BCUT2D eigenvalue weighted by molar-refractivity contribution is 6.32. The van der Waals surface area contributed by atoms with Crippen LogP contribution in [0.3, 0.4) is 0 Å². The summed E-state index contributed by atoms with van der Waals surface area (Å²) in [7, 11) is 0.